The number of nitrogens with zero attached hydrogens (tertiary/aromatic N) is 5. The van der Waals surface area contributed by atoms with E-state index in [9.17, 15) is 4.79 Å². The largest absolute Gasteiger partial charge is 0.378 e. The molecule has 0 unspecified atom stereocenters. The summed E-state index contributed by atoms with van der Waals surface area (Å²) in [6, 6.07) is 10.1. The number of hydrogen-bond donors (Lipinski definition) is 1. The second-order valence-electron chi connectivity index (χ2n) is 6.76. The van der Waals surface area contributed by atoms with Crippen molar-refractivity contribution in [1.29, 1.82) is 5.26 Å². The zero-order valence-electron chi connectivity index (χ0n) is 15.9. The maximum Gasteiger partial charge on any atom is 0.234 e. The van der Waals surface area contributed by atoms with Gasteiger partial charge in [-0.05, 0) is 25.0 Å². The van der Waals surface area contributed by atoms with Crippen LogP contribution >= 0.6 is 23.5 Å². The minimum atomic E-state index is -0.0988. The van der Waals surface area contributed by atoms with Gasteiger partial charge >= 0.3 is 0 Å². The van der Waals surface area contributed by atoms with Crippen LogP contribution in [0.5, 0.6) is 0 Å². The summed E-state index contributed by atoms with van der Waals surface area (Å²) in [7, 11) is 0. The first-order chi connectivity index (χ1) is 14.3. The fourth-order valence-electron chi connectivity index (χ4n) is 3.12. The zero-order chi connectivity index (χ0) is 20.1. The molecule has 2 heterocycles. The van der Waals surface area contributed by atoms with Gasteiger partial charge in [-0.25, -0.2) is 0 Å². The third kappa shape index (κ3) is 5.04. The number of morpholine rings is 1. The van der Waals surface area contributed by atoms with Crippen LogP contribution in [0.4, 0.5) is 11.6 Å². The molecule has 1 N–H and O–H groups in total. The quantitative estimate of drug-likeness (QED) is 0.639. The number of aromatic nitrogens is 3. The number of anilines is 2. The minimum absolute atomic E-state index is 0.0988. The number of carbonyl (C=O) groups is 1. The Kier molecular flexibility index (Phi) is 6.59. The highest BCUT2D eigenvalue weighted by atomic mass is 32.2. The number of benzene rings is 1. The lowest BCUT2D eigenvalue weighted by molar-refractivity contribution is -0.113. The first-order valence-electron chi connectivity index (χ1n) is 9.55. The predicted octanol–water partition coefficient (Wildman–Crippen LogP) is 2.80. The van der Waals surface area contributed by atoms with Crippen LogP contribution in [0.25, 0.3) is 0 Å². The molecule has 2 fully saturated rings. The maximum atomic E-state index is 12.5. The summed E-state index contributed by atoms with van der Waals surface area (Å²) in [5.41, 5.74) is 0.732. The van der Waals surface area contributed by atoms with Gasteiger partial charge in [-0.2, -0.15) is 5.26 Å². The topological polar surface area (TPSA) is 96.1 Å². The molecule has 2 aliphatic rings. The number of amides is 1. The molecule has 4 rings (SSSR count). The lowest BCUT2D eigenvalue weighted by Crippen LogP contribution is -2.38. The Balaban J connectivity index is 1.40. The van der Waals surface area contributed by atoms with E-state index in [0.29, 0.717) is 25.0 Å². The molecule has 1 aliphatic carbocycles. The van der Waals surface area contributed by atoms with Gasteiger partial charge in [-0.3, -0.25) is 9.36 Å². The Bertz CT molecular complexity index is 902. The molecule has 152 valence electrons. The Morgan fingerprint density at radius 2 is 2.03 bits per heavy atom. The molecule has 29 heavy (non-hydrogen) atoms. The van der Waals surface area contributed by atoms with Crippen molar-refractivity contribution in [3.63, 3.8) is 0 Å². The monoisotopic (exact) mass is 430 g/mol. The van der Waals surface area contributed by atoms with Gasteiger partial charge < -0.3 is 15.0 Å². The molecule has 8 nitrogen and oxygen atoms in total. The van der Waals surface area contributed by atoms with E-state index in [1.54, 1.807) is 0 Å². The van der Waals surface area contributed by atoms with Crippen molar-refractivity contribution in [3.8, 4) is 6.07 Å². The molecular formula is C19H22N6O2S2. The molecule has 1 saturated heterocycles. The van der Waals surface area contributed by atoms with Crippen LogP contribution in [0.3, 0.4) is 0 Å². The number of hydrogen-bond acceptors (Lipinski definition) is 8. The second-order valence-corrected chi connectivity index (χ2v) is 8.72. The van der Waals surface area contributed by atoms with Crippen LogP contribution in [0.1, 0.15) is 18.9 Å². The molecule has 1 amide bonds. The molecular weight excluding hydrogens is 408 g/mol. The first-order valence-corrected chi connectivity index (χ1v) is 11.5. The van der Waals surface area contributed by atoms with E-state index < -0.39 is 0 Å². The third-order valence-electron chi connectivity index (χ3n) is 4.64. The lowest BCUT2D eigenvalue weighted by atomic mass is 10.3. The zero-order valence-corrected chi connectivity index (χ0v) is 17.5. The summed E-state index contributed by atoms with van der Waals surface area (Å²) in [4.78, 5) is 15.6. The maximum absolute atomic E-state index is 12.5. The molecule has 1 saturated carbocycles. The van der Waals surface area contributed by atoms with Crippen LogP contribution < -0.4 is 10.2 Å². The van der Waals surface area contributed by atoms with E-state index in [0.717, 1.165) is 47.6 Å². The highest BCUT2D eigenvalue weighted by Crippen LogP contribution is 2.41. The molecule has 0 spiro atoms. The summed E-state index contributed by atoms with van der Waals surface area (Å²) in [5, 5.41) is 21.3. The number of rotatable bonds is 8. The molecule has 2 aromatic rings. The molecule has 1 aliphatic heterocycles. The van der Waals surface area contributed by atoms with Gasteiger partial charge in [0.25, 0.3) is 0 Å². The number of nitrogens with one attached hydrogen (secondary N) is 1. The summed E-state index contributed by atoms with van der Waals surface area (Å²) < 4.78 is 7.62. The van der Waals surface area contributed by atoms with Crippen LogP contribution in [-0.2, 0) is 9.53 Å². The third-order valence-corrected chi connectivity index (χ3v) is 6.52. The molecule has 0 bridgehead atoms. The van der Waals surface area contributed by atoms with Gasteiger partial charge in [-0.15, -0.1) is 22.0 Å². The van der Waals surface area contributed by atoms with Gasteiger partial charge in [0.1, 0.15) is 0 Å². The average molecular weight is 431 g/mol. The summed E-state index contributed by atoms with van der Waals surface area (Å²) >= 11 is 2.82. The SMILES string of the molecule is N#CCSc1ccccc1NC(=O)CSc1nnc(N2CCOCC2)n1C1CC1. The van der Waals surface area contributed by atoms with Crippen molar-refractivity contribution in [1.82, 2.24) is 14.8 Å². The summed E-state index contributed by atoms with van der Waals surface area (Å²) in [6.07, 6.45) is 2.25. The molecule has 1 aromatic heterocycles. The fourth-order valence-corrected chi connectivity index (χ4v) is 4.59. The van der Waals surface area contributed by atoms with E-state index in [1.165, 1.54) is 23.5 Å². The van der Waals surface area contributed by atoms with E-state index in [1.807, 2.05) is 24.3 Å². The van der Waals surface area contributed by atoms with Crippen LogP contribution in [0, 0.1) is 11.3 Å². The van der Waals surface area contributed by atoms with Gasteiger partial charge in [0, 0.05) is 24.0 Å². The van der Waals surface area contributed by atoms with Crippen molar-refractivity contribution in [3.05, 3.63) is 24.3 Å². The van der Waals surface area contributed by atoms with Gasteiger partial charge in [0.2, 0.25) is 11.9 Å². The van der Waals surface area contributed by atoms with E-state index in [4.69, 9.17) is 10.00 Å². The average Bonchev–Trinajstić information content (AvgIpc) is 3.51. The molecule has 10 heteroatoms. The van der Waals surface area contributed by atoms with Crippen LogP contribution in [0.2, 0.25) is 0 Å². The number of para-hydroxylation sites is 1. The van der Waals surface area contributed by atoms with Crippen molar-refractivity contribution < 1.29 is 9.53 Å². The van der Waals surface area contributed by atoms with Gasteiger partial charge in [-0.1, -0.05) is 23.9 Å². The minimum Gasteiger partial charge on any atom is -0.378 e. The molecule has 1 aromatic carbocycles. The normalized spacial score (nSPS) is 16.4. The van der Waals surface area contributed by atoms with E-state index in [-0.39, 0.29) is 11.7 Å². The number of ether oxygens (including phenoxy) is 1. The second kappa shape index (κ2) is 9.52. The first kappa shape index (κ1) is 20.1. The van der Waals surface area contributed by atoms with Crippen molar-refractivity contribution in [2.24, 2.45) is 0 Å². The smallest absolute Gasteiger partial charge is 0.234 e. The predicted molar refractivity (Wildman–Crippen MR) is 113 cm³/mol. The number of thioether (sulfide) groups is 2. The number of carbonyl (C=O) groups excluding carboxylic acids is 1. The van der Waals surface area contributed by atoms with Crippen molar-refractivity contribution >= 4 is 41.1 Å². The van der Waals surface area contributed by atoms with Crippen molar-refractivity contribution in [2.45, 2.75) is 28.9 Å². The van der Waals surface area contributed by atoms with Crippen LogP contribution in [-0.4, -0.2) is 58.5 Å². The van der Waals surface area contributed by atoms with Crippen LogP contribution in [0.15, 0.2) is 34.3 Å². The lowest BCUT2D eigenvalue weighted by Gasteiger charge is -2.27. The molecule has 0 radical (unpaired) electrons. The Morgan fingerprint density at radius 1 is 1.24 bits per heavy atom. The standard InChI is InChI=1S/C19H22N6O2S2/c20-7-12-28-16-4-2-1-3-15(16)21-17(26)13-29-19-23-22-18(25(19)14-5-6-14)24-8-10-27-11-9-24/h1-4,14H,5-6,8-13H2,(H,21,26). The Hall–Kier alpha value is -2.22. The molecule has 0 atom stereocenters. The Morgan fingerprint density at radius 3 is 2.79 bits per heavy atom. The van der Waals surface area contributed by atoms with E-state index in [2.05, 4.69) is 31.1 Å². The van der Waals surface area contributed by atoms with Crippen molar-refractivity contribution in [2.75, 3.05) is 48.0 Å². The summed E-state index contributed by atoms with van der Waals surface area (Å²) in [5.74, 6) is 1.39. The highest BCUT2D eigenvalue weighted by molar-refractivity contribution is 8.00. The van der Waals surface area contributed by atoms with E-state index >= 15 is 0 Å². The Labute approximate surface area is 178 Å². The highest BCUT2D eigenvalue weighted by Gasteiger charge is 2.32. The van der Waals surface area contributed by atoms with Gasteiger partial charge in [0.05, 0.1) is 36.5 Å². The summed E-state index contributed by atoms with van der Waals surface area (Å²) in [6.45, 7) is 3.03. The fraction of sp³-hybridized carbons (Fsp3) is 0.474. The number of nitriles is 1. The van der Waals surface area contributed by atoms with Gasteiger partial charge in [0.15, 0.2) is 5.16 Å².